The lowest BCUT2D eigenvalue weighted by atomic mass is 9.84. The molecule has 0 radical (unpaired) electrons. The monoisotopic (exact) mass is 549 g/mol. The third-order valence-corrected chi connectivity index (χ3v) is 7.60. The third-order valence-electron chi connectivity index (χ3n) is 7.60. The second-order valence-corrected chi connectivity index (χ2v) is 9.86. The molecule has 0 aliphatic heterocycles. The van der Waals surface area contributed by atoms with E-state index in [2.05, 4.69) is 0 Å². The predicted octanol–water partition coefficient (Wildman–Crippen LogP) is 11.6. The van der Waals surface area contributed by atoms with Crippen molar-refractivity contribution in [3.8, 4) is 33.6 Å². The summed E-state index contributed by atoms with van der Waals surface area (Å²) < 4.78 is 129. The Balaban J connectivity index is 1.65. The van der Waals surface area contributed by atoms with Gasteiger partial charge in [0.15, 0.2) is 0 Å². The molecule has 2 aromatic heterocycles. The SMILES string of the molecule is [2H]c1c([2H])c([2H])c(-c2c3c([2H])c([2H])c([2H])c([2H])c3c(-c3c4cc(-c5ccccc5)oc4cc4c3oc3ccccc34)c3c([2H])c([2H])c([2H])c([2H])c23)c([2H])c1[2H]. The molecule has 0 saturated heterocycles. The first-order valence-electron chi connectivity index (χ1n) is 19.7. The van der Waals surface area contributed by atoms with Crippen molar-refractivity contribution < 1.29 is 26.7 Å². The van der Waals surface area contributed by atoms with Gasteiger partial charge in [-0.3, -0.25) is 0 Å². The highest BCUT2D eigenvalue weighted by atomic mass is 16.3. The highest BCUT2D eigenvalue weighted by Crippen LogP contribution is 2.49. The van der Waals surface area contributed by atoms with Gasteiger partial charge in [-0.05, 0) is 50.9 Å². The van der Waals surface area contributed by atoms with E-state index in [0.717, 1.165) is 5.56 Å². The fraction of sp³-hybridized carbons (Fsp3) is 0. The van der Waals surface area contributed by atoms with Gasteiger partial charge < -0.3 is 8.83 Å². The Hall–Kier alpha value is -5.60. The molecule has 0 aliphatic carbocycles. The number of hydrogen-bond donors (Lipinski definition) is 0. The zero-order valence-corrected chi connectivity index (χ0v) is 21.7. The van der Waals surface area contributed by atoms with Crippen LogP contribution in [0.4, 0.5) is 0 Å². The largest absolute Gasteiger partial charge is 0.456 e. The average molecular weight is 550 g/mol. The molecule has 0 amide bonds. The van der Waals surface area contributed by atoms with E-state index in [-0.39, 0.29) is 43.8 Å². The third kappa shape index (κ3) is 3.33. The summed E-state index contributed by atoms with van der Waals surface area (Å²) in [6.07, 6.45) is 0. The van der Waals surface area contributed by atoms with Crippen LogP contribution >= 0.6 is 0 Å². The van der Waals surface area contributed by atoms with Crippen LogP contribution in [-0.4, -0.2) is 0 Å². The molecule has 0 saturated carbocycles. The smallest absolute Gasteiger partial charge is 0.144 e. The van der Waals surface area contributed by atoms with Crippen LogP contribution in [0.1, 0.15) is 17.8 Å². The molecule has 42 heavy (non-hydrogen) atoms. The van der Waals surface area contributed by atoms with Gasteiger partial charge in [0, 0.05) is 32.8 Å². The Morgan fingerprint density at radius 3 is 1.74 bits per heavy atom. The minimum Gasteiger partial charge on any atom is -0.456 e. The molecule has 9 rings (SSSR count). The van der Waals surface area contributed by atoms with Gasteiger partial charge in [-0.15, -0.1) is 0 Å². The van der Waals surface area contributed by atoms with Crippen LogP contribution in [-0.2, 0) is 0 Å². The molecule has 0 atom stereocenters. The van der Waals surface area contributed by atoms with Gasteiger partial charge in [0.25, 0.3) is 0 Å². The first kappa shape index (κ1) is 13.8. The molecule has 196 valence electrons. The van der Waals surface area contributed by atoms with Crippen molar-refractivity contribution in [2.45, 2.75) is 0 Å². The molecule has 0 aliphatic rings. The Morgan fingerprint density at radius 2 is 1.02 bits per heavy atom. The topological polar surface area (TPSA) is 26.3 Å². The van der Waals surface area contributed by atoms with E-state index in [1.54, 1.807) is 24.3 Å². The van der Waals surface area contributed by atoms with Crippen molar-refractivity contribution in [3.05, 3.63) is 145 Å². The van der Waals surface area contributed by atoms with Gasteiger partial charge in [0.2, 0.25) is 0 Å². The quantitative estimate of drug-likeness (QED) is 0.205. The van der Waals surface area contributed by atoms with Gasteiger partial charge >= 0.3 is 0 Å². The van der Waals surface area contributed by atoms with Crippen LogP contribution in [0.3, 0.4) is 0 Å². The number of para-hydroxylation sites is 1. The van der Waals surface area contributed by atoms with E-state index in [1.165, 1.54) is 0 Å². The zero-order valence-electron chi connectivity index (χ0n) is 34.7. The summed E-state index contributed by atoms with van der Waals surface area (Å²) in [7, 11) is 0. The summed E-state index contributed by atoms with van der Waals surface area (Å²) >= 11 is 0. The Bertz CT molecular complexity index is 3070. The summed E-state index contributed by atoms with van der Waals surface area (Å²) in [5, 5.41) is 0.638. The predicted molar refractivity (Wildman–Crippen MR) is 175 cm³/mol. The first-order valence-corrected chi connectivity index (χ1v) is 13.2. The lowest BCUT2D eigenvalue weighted by molar-refractivity contribution is 0.631. The maximum absolute atomic E-state index is 9.42. The lowest BCUT2D eigenvalue weighted by Crippen LogP contribution is -1.91. The van der Waals surface area contributed by atoms with Gasteiger partial charge in [-0.25, -0.2) is 0 Å². The summed E-state index contributed by atoms with van der Waals surface area (Å²) in [6, 6.07) is 11.2. The molecule has 2 heterocycles. The van der Waals surface area contributed by atoms with Crippen LogP contribution in [0.25, 0.3) is 88.0 Å². The highest BCUT2D eigenvalue weighted by Gasteiger charge is 2.24. The highest BCUT2D eigenvalue weighted by molar-refractivity contribution is 6.28. The summed E-state index contributed by atoms with van der Waals surface area (Å²) in [5.41, 5.74) is 1.14. The molecular weight excluding hydrogens is 512 g/mol. The first-order chi connectivity index (χ1) is 26.2. The summed E-state index contributed by atoms with van der Waals surface area (Å²) in [5.74, 6) is 0.446. The van der Waals surface area contributed by atoms with E-state index in [4.69, 9.17) is 21.2 Å². The molecular formula is C40H24O2. The van der Waals surface area contributed by atoms with E-state index in [0.29, 0.717) is 33.1 Å². The summed E-state index contributed by atoms with van der Waals surface area (Å²) in [4.78, 5) is 0. The molecule has 0 N–H and O–H groups in total. The number of hydrogen-bond acceptors (Lipinski definition) is 2. The molecule has 2 heteroatoms. The van der Waals surface area contributed by atoms with E-state index in [1.807, 2.05) is 42.5 Å². The summed E-state index contributed by atoms with van der Waals surface area (Å²) in [6.45, 7) is 0. The van der Waals surface area contributed by atoms with E-state index in [9.17, 15) is 5.48 Å². The van der Waals surface area contributed by atoms with E-state index < -0.39 is 84.1 Å². The van der Waals surface area contributed by atoms with E-state index >= 15 is 0 Å². The maximum Gasteiger partial charge on any atom is 0.144 e. The van der Waals surface area contributed by atoms with Gasteiger partial charge in [0.1, 0.15) is 22.5 Å². The lowest BCUT2D eigenvalue weighted by Gasteiger charge is -2.18. The molecule has 7 aromatic carbocycles. The number of rotatable bonds is 3. The van der Waals surface area contributed by atoms with Crippen LogP contribution in [0.5, 0.6) is 0 Å². The Morgan fingerprint density at radius 1 is 0.405 bits per heavy atom. The second kappa shape index (κ2) is 8.95. The second-order valence-electron chi connectivity index (χ2n) is 9.86. The zero-order chi connectivity index (χ0) is 38.9. The number of fused-ring (bicyclic) bond motifs is 6. The minimum atomic E-state index is -0.733. The van der Waals surface area contributed by atoms with Gasteiger partial charge in [-0.1, -0.05) is 127 Å². The van der Waals surface area contributed by atoms with Crippen molar-refractivity contribution in [2.75, 3.05) is 0 Å². The standard InChI is InChI=1S/C40H24O2/c1-3-13-25(14-4-1)35-24-33-36(41-35)23-32-27-17-11-12-22-34(27)42-40(32)39(33)38-30-20-9-7-18-28(30)37(26-15-5-2-6-16-26)29-19-8-10-21-31(29)38/h1-24H/i2D,5D,6D,7D,8D,9D,10D,15D,16D,18D,19D,20D,21D. The van der Waals surface area contributed by atoms with Gasteiger partial charge in [0.05, 0.1) is 17.8 Å². The number of furan rings is 2. The van der Waals surface area contributed by atoms with Crippen LogP contribution in [0.2, 0.25) is 0 Å². The fourth-order valence-corrected chi connectivity index (χ4v) is 5.85. The maximum atomic E-state index is 9.42. The van der Waals surface area contributed by atoms with Crippen LogP contribution < -0.4 is 0 Å². The number of benzene rings is 7. The minimum absolute atomic E-state index is 0.0322. The van der Waals surface area contributed by atoms with Gasteiger partial charge in [-0.2, -0.15) is 0 Å². The average Bonchev–Trinajstić information content (AvgIpc) is 3.79. The van der Waals surface area contributed by atoms with Crippen molar-refractivity contribution in [1.29, 1.82) is 0 Å². The van der Waals surface area contributed by atoms with Crippen molar-refractivity contribution in [2.24, 2.45) is 0 Å². The van der Waals surface area contributed by atoms with Crippen molar-refractivity contribution in [3.63, 3.8) is 0 Å². The van der Waals surface area contributed by atoms with Crippen molar-refractivity contribution >= 4 is 54.5 Å². The Labute approximate surface area is 260 Å². The molecule has 0 unspecified atom stereocenters. The molecule has 2 nitrogen and oxygen atoms in total. The Kier molecular flexibility index (Phi) is 2.95. The molecule has 0 bridgehead atoms. The fourth-order valence-electron chi connectivity index (χ4n) is 5.85. The molecule has 9 aromatic rings. The normalized spacial score (nSPS) is 16.1. The van der Waals surface area contributed by atoms with Crippen LogP contribution in [0.15, 0.2) is 154 Å². The molecule has 0 spiro atoms. The molecule has 0 fully saturated rings. The van der Waals surface area contributed by atoms with Crippen LogP contribution in [0, 0.1) is 0 Å². The van der Waals surface area contributed by atoms with Crippen molar-refractivity contribution in [1.82, 2.24) is 0 Å².